The molecule has 1 atom stereocenters. The lowest BCUT2D eigenvalue weighted by atomic mass is 10.0. The number of benzene rings is 1. The fourth-order valence-electron chi connectivity index (χ4n) is 3.46. The molecule has 5 nitrogen and oxygen atoms in total. The summed E-state index contributed by atoms with van der Waals surface area (Å²) in [5.74, 6) is -0.820. The van der Waals surface area contributed by atoms with E-state index >= 15 is 0 Å². The van der Waals surface area contributed by atoms with Gasteiger partial charge in [-0.15, -0.1) is 0 Å². The molecular weight excluding hydrogens is 316 g/mol. The molecule has 132 valence electrons. The molecule has 0 radical (unpaired) electrons. The minimum absolute atomic E-state index is 0.0356. The average molecular weight is 340 g/mol. The Labute approximate surface area is 148 Å². The standard InChI is InChI=1S/C20H24N2O3/c1-20(2)14-22(13-17(25-20)11-19(23)24)12-15-6-5-7-16(10-15)18-8-3-4-9-21-18/h3-10,17H,11-14H2,1-2H3,(H,23,24). The van der Waals surface area contributed by atoms with Crippen LogP contribution in [-0.2, 0) is 16.1 Å². The van der Waals surface area contributed by atoms with Gasteiger partial charge in [0.1, 0.15) is 0 Å². The third kappa shape index (κ3) is 4.87. The Morgan fingerprint density at radius 3 is 2.88 bits per heavy atom. The molecule has 0 bridgehead atoms. The largest absolute Gasteiger partial charge is 0.481 e. The number of carboxylic acids is 1. The highest BCUT2D eigenvalue weighted by Gasteiger charge is 2.34. The van der Waals surface area contributed by atoms with E-state index in [9.17, 15) is 4.79 Å². The molecule has 1 aromatic heterocycles. The van der Waals surface area contributed by atoms with E-state index in [-0.39, 0.29) is 18.1 Å². The summed E-state index contributed by atoms with van der Waals surface area (Å²) in [6.07, 6.45) is 1.55. The molecule has 1 aromatic carbocycles. The summed E-state index contributed by atoms with van der Waals surface area (Å²) >= 11 is 0. The van der Waals surface area contributed by atoms with E-state index in [2.05, 4.69) is 28.1 Å². The van der Waals surface area contributed by atoms with E-state index in [0.717, 1.165) is 24.3 Å². The fraction of sp³-hybridized carbons (Fsp3) is 0.400. The molecule has 1 aliphatic heterocycles. The van der Waals surface area contributed by atoms with Crippen LogP contribution < -0.4 is 0 Å². The van der Waals surface area contributed by atoms with Gasteiger partial charge in [-0.1, -0.05) is 24.3 Å². The number of carbonyl (C=O) groups is 1. The number of nitrogens with zero attached hydrogens (tertiary/aromatic N) is 2. The van der Waals surface area contributed by atoms with Gasteiger partial charge in [-0.2, -0.15) is 0 Å². The normalized spacial score (nSPS) is 20.3. The predicted octanol–water partition coefficient (Wildman–Crippen LogP) is 3.20. The van der Waals surface area contributed by atoms with Crippen molar-refractivity contribution in [2.24, 2.45) is 0 Å². The number of aromatic nitrogens is 1. The topological polar surface area (TPSA) is 62.7 Å². The van der Waals surface area contributed by atoms with Gasteiger partial charge in [0.15, 0.2) is 0 Å². The van der Waals surface area contributed by atoms with Gasteiger partial charge in [0.2, 0.25) is 0 Å². The number of morpholine rings is 1. The van der Waals surface area contributed by atoms with E-state index in [1.807, 2.05) is 38.1 Å². The number of ether oxygens (including phenoxy) is 1. The average Bonchev–Trinajstić information content (AvgIpc) is 2.53. The SMILES string of the molecule is CC1(C)CN(Cc2cccc(-c3ccccn3)c2)CC(CC(=O)O)O1. The number of hydrogen-bond acceptors (Lipinski definition) is 4. The Morgan fingerprint density at radius 2 is 2.16 bits per heavy atom. The summed E-state index contributed by atoms with van der Waals surface area (Å²) in [7, 11) is 0. The van der Waals surface area contributed by atoms with E-state index in [1.54, 1.807) is 6.20 Å². The minimum Gasteiger partial charge on any atom is -0.481 e. The number of aliphatic carboxylic acids is 1. The number of carboxylic acid groups (broad SMARTS) is 1. The second-order valence-corrected chi connectivity index (χ2v) is 7.18. The van der Waals surface area contributed by atoms with Gasteiger partial charge >= 0.3 is 5.97 Å². The summed E-state index contributed by atoms with van der Waals surface area (Å²) in [6.45, 7) is 6.20. The summed E-state index contributed by atoms with van der Waals surface area (Å²) < 4.78 is 5.91. The lowest BCUT2D eigenvalue weighted by molar-refractivity contribution is -0.158. The van der Waals surface area contributed by atoms with Gasteiger partial charge in [0.25, 0.3) is 0 Å². The fourth-order valence-corrected chi connectivity index (χ4v) is 3.46. The van der Waals surface area contributed by atoms with Crippen LogP contribution in [0.15, 0.2) is 48.7 Å². The molecule has 0 saturated carbocycles. The first kappa shape index (κ1) is 17.6. The maximum absolute atomic E-state index is 11.0. The van der Waals surface area contributed by atoms with E-state index in [4.69, 9.17) is 9.84 Å². The molecule has 1 saturated heterocycles. The molecule has 1 unspecified atom stereocenters. The van der Waals surface area contributed by atoms with Gasteiger partial charge in [-0.25, -0.2) is 0 Å². The van der Waals surface area contributed by atoms with Crippen LogP contribution in [0, 0.1) is 0 Å². The van der Waals surface area contributed by atoms with E-state index in [0.29, 0.717) is 6.54 Å². The number of hydrogen-bond donors (Lipinski definition) is 1. The van der Waals surface area contributed by atoms with Gasteiger partial charge in [0.05, 0.1) is 23.8 Å². The van der Waals surface area contributed by atoms with Crippen LogP contribution in [0.3, 0.4) is 0 Å². The molecule has 2 aromatic rings. The van der Waals surface area contributed by atoms with Crippen LogP contribution in [0.2, 0.25) is 0 Å². The van der Waals surface area contributed by atoms with Crippen molar-refractivity contribution in [3.8, 4) is 11.3 Å². The van der Waals surface area contributed by atoms with Crippen molar-refractivity contribution >= 4 is 5.97 Å². The quantitative estimate of drug-likeness (QED) is 0.905. The third-order valence-electron chi connectivity index (χ3n) is 4.25. The van der Waals surface area contributed by atoms with Gasteiger partial charge < -0.3 is 9.84 Å². The van der Waals surface area contributed by atoms with Gasteiger partial charge in [-0.05, 0) is 37.6 Å². The Bertz CT molecular complexity index is 731. The molecule has 1 N–H and O–H groups in total. The van der Waals surface area contributed by atoms with Crippen LogP contribution in [0.1, 0.15) is 25.8 Å². The number of rotatable bonds is 5. The Balaban J connectivity index is 1.74. The first-order valence-corrected chi connectivity index (χ1v) is 8.54. The molecule has 5 heteroatoms. The van der Waals surface area contributed by atoms with Crippen LogP contribution in [-0.4, -0.2) is 45.8 Å². The van der Waals surface area contributed by atoms with Gasteiger partial charge in [-0.3, -0.25) is 14.7 Å². The maximum atomic E-state index is 11.0. The Morgan fingerprint density at radius 1 is 1.32 bits per heavy atom. The van der Waals surface area contributed by atoms with Crippen LogP contribution >= 0.6 is 0 Å². The first-order valence-electron chi connectivity index (χ1n) is 8.54. The van der Waals surface area contributed by atoms with Crippen molar-refractivity contribution < 1.29 is 14.6 Å². The molecule has 1 aliphatic rings. The zero-order valence-corrected chi connectivity index (χ0v) is 14.7. The summed E-state index contributed by atoms with van der Waals surface area (Å²) in [6, 6.07) is 14.2. The van der Waals surface area contributed by atoms with Crippen LogP contribution in [0.5, 0.6) is 0 Å². The minimum atomic E-state index is -0.820. The highest BCUT2D eigenvalue weighted by atomic mass is 16.5. The van der Waals surface area contributed by atoms with Crippen molar-refractivity contribution in [3.63, 3.8) is 0 Å². The van der Waals surface area contributed by atoms with Crippen LogP contribution in [0.4, 0.5) is 0 Å². The highest BCUT2D eigenvalue weighted by Crippen LogP contribution is 2.25. The number of pyridine rings is 1. The smallest absolute Gasteiger partial charge is 0.306 e. The molecular formula is C20H24N2O3. The Hall–Kier alpha value is -2.24. The molecule has 2 heterocycles. The molecule has 25 heavy (non-hydrogen) atoms. The van der Waals surface area contributed by atoms with Crippen molar-refractivity contribution in [3.05, 3.63) is 54.2 Å². The maximum Gasteiger partial charge on any atom is 0.306 e. The van der Waals surface area contributed by atoms with Crippen molar-refractivity contribution in [2.45, 2.75) is 38.5 Å². The first-order chi connectivity index (χ1) is 11.9. The third-order valence-corrected chi connectivity index (χ3v) is 4.25. The zero-order chi connectivity index (χ0) is 17.9. The van der Waals surface area contributed by atoms with Crippen LogP contribution in [0.25, 0.3) is 11.3 Å². The molecule has 0 spiro atoms. The molecule has 3 rings (SSSR count). The lowest BCUT2D eigenvalue weighted by Gasteiger charge is -2.42. The second kappa shape index (κ2) is 7.33. The second-order valence-electron chi connectivity index (χ2n) is 7.18. The molecule has 0 amide bonds. The van der Waals surface area contributed by atoms with Gasteiger partial charge in [0, 0.05) is 31.4 Å². The van der Waals surface area contributed by atoms with Crippen molar-refractivity contribution in [1.29, 1.82) is 0 Å². The van der Waals surface area contributed by atoms with Crippen molar-refractivity contribution in [2.75, 3.05) is 13.1 Å². The van der Waals surface area contributed by atoms with E-state index < -0.39 is 5.97 Å². The zero-order valence-electron chi connectivity index (χ0n) is 14.7. The summed E-state index contributed by atoms with van der Waals surface area (Å²) in [5.41, 5.74) is 2.88. The summed E-state index contributed by atoms with van der Waals surface area (Å²) in [4.78, 5) is 17.7. The van der Waals surface area contributed by atoms with Crippen molar-refractivity contribution in [1.82, 2.24) is 9.88 Å². The predicted molar refractivity (Wildman–Crippen MR) is 96.2 cm³/mol. The Kier molecular flexibility index (Phi) is 5.16. The highest BCUT2D eigenvalue weighted by molar-refractivity contribution is 5.67. The monoisotopic (exact) mass is 340 g/mol. The van der Waals surface area contributed by atoms with E-state index in [1.165, 1.54) is 5.56 Å². The summed E-state index contributed by atoms with van der Waals surface area (Å²) in [5, 5.41) is 9.07. The lowest BCUT2D eigenvalue weighted by Crippen LogP contribution is -2.52. The molecule has 1 fully saturated rings. The molecule has 0 aliphatic carbocycles.